The quantitative estimate of drug-likeness (QED) is 0.487. The smallest absolute Gasteiger partial charge is 0.0929 e. The van der Waals surface area contributed by atoms with Gasteiger partial charge in [-0.1, -0.05) is 0 Å². The first-order chi connectivity index (χ1) is 3.60. The third-order valence-corrected chi connectivity index (χ3v) is 2.25. The zero-order valence-electron chi connectivity index (χ0n) is 5.51. The molecular weight excluding hydrogens is 118 g/mol. The van der Waals surface area contributed by atoms with Crippen molar-refractivity contribution in [3.63, 3.8) is 0 Å². The van der Waals surface area contributed by atoms with E-state index in [1.165, 1.54) is 0 Å². The van der Waals surface area contributed by atoms with E-state index in [2.05, 4.69) is 25.8 Å². The highest BCUT2D eigenvalue weighted by Gasteiger charge is 2.23. The molecule has 1 rings (SSSR count). The van der Waals surface area contributed by atoms with Crippen LogP contribution in [0.1, 0.15) is 20.8 Å². The van der Waals surface area contributed by atoms with Gasteiger partial charge < -0.3 is 0 Å². The second kappa shape index (κ2) is 1.76. The Balaban J connectivity index is 2.58. The number of hydrogen-bond donors (Lipinski definition) is 0. The number of rotatable bonds is 0. The molecule has 0 aliphatic carbocycles. The number of thioether (sulfide) groups is 1. The van der Waals surface area contributed by atoms with Crippen molar-refractivity contribution in [2.75, 3.05) is 0 Å². The summed E-state index contributed by atoms with van der Waals surface area (Å²) in [6.07, 6.45) is 2.03. The Morgan fingerprint density at radius 3 is 2.38 bits per heavy atom. The zero-order chi connectivity index (χ0) is 6.20. The first-order valence-electron chi connectivity index (χ1n) is 2.82. The molecule has 0 saturated heterocycles. The van der Waals surface area contributed by atoms with Crippen LogP contribution in [0, 0.1) is 0 Å². The molecule has 0 saturated carbocycles. The number of aliphatic imine (C=N–C) groups is 1. The molecule has 1 unspecified atom stereocenters. The van der Waals surface area contributed by atoms with Crippen molar-refractivity contribution in [1.29, 1.82) is 0 Å². The van der Waals surface area contributed by atoms with E-state index in [4.69, 9.17) is 0 Å². The first-order valence-corrected chi connectivity index (χ1v) is 3.70. The summed E-state index contributed by atoms with van der Waals surface area (Å²) < 4.78 is 0.291. The van der Waals surface area contributed by atoms with Gasteiger partial charge in [-0.3, -0.25) is 4.99 Å². The third kappa shape index (κ3) is 1.25. The maximum Gasteiger partial charge on any atom is 0.0929 e. The van der Waals surface area contributed by atoms with Crippen molar-refractivity contribution < 1.29 is 0 Å². The summed E-state index contributed by atoms with van der Waals surface area (Å²) in [5.74, 6) is 0. The van der Waals surface area contributed by atoms with Gasteiger partial charge >= 0.3 is 0 Å². The van der Waals surface area contributed by atoms with Crippen molar-refractivity contribution in [2.24, 2.45) is 4.99 Å². The van der Waals surface area contributed by atoms with E-state index in [1.807, 2.05) is 18.0 Å². The predicted molar refractivity (Wildman–Crippen MR) is 39.6 cm³/mol. The standard InChI is InChI=1S/C6H11NS/c1-5-7-4-6(2,3)8-5/h4-5H,1-3H3. The molecule has 0 aromatic carbocycles. The van der Waals surface area contributed by atoms with Crippen molar-refractivity contribution >= 4 is 18.0 Å². The van der Waals surface area contributed by atoms with Gasteiger partial charge in [0.1, 0.15) is 0 Å². The average molecular weight is 129 g/mol. The maximum atomic E-state index is 4.23. The topological polar surface area (TPSA) is 12.4 Å². The highest BCUT2D eigenvalue weighted by atomic mass is 32.2. The fourth-order valence-corrected chi connectivity index (χ4v) is 1.91. The Hall–Kier alpha value is 0.0200. The number of hydrogen-bond acceptors (Lipinski definition) is 2. The summed E-state index contributed by atoms with van der Waals surface area (Å²) in [6, 6.07) is 0. The van der Waals surface area contributed by atoms with Crippen LogP contribution in [0.25, 0.3) is 0 Å². The molecule has 0 bridgehead atoms. The average Bonchev–Trinajstić information content (AvgIpc) is 1.82. The molecule has 1 heterocycles. The molecule has 0 spiro atoms. The van der Waals surface area contributed by atoms with E-state index in [9.17, 15) is 0 Å². The van der Waals surface area contributed by atoms with E-state index in [-0.39, 0.29) is 0 Å². The zero-order valence-corrected chi connectivity index (χ0v) is 6.33. The van der Waals surface area contributed by atoms with E-state index < -0.39 is 0 Å². The first kappa shape index (κ1) is 6.14. The molecule has 0 N–H and O–H groups in total. The summed E-state index contributed by atoms with van der Waals surface area (Å²) in [4.78, 5) is 4.23. The minimum Gasteiger partial charge on any atom is -0.282 e. The van der Waals surface area contributed by atoms with Gasteiger partial charge in [0.25, 0.3) is 0 Å². The van der Waals surface area contributed by atoms with E-state index in [1.54, 1.807) is 0 Å². The highest BCUT2D eigenvalue weighted by Crippen LogP contribution is 2.32. The fourth-order valence-electron chi connectivity index (χ4n) is 0.785. The van der Waals surface area contributed by atoms with Crippen LogP contribution < -0.4 is 0 Å². The molecule has 0 fully saturated rings. The van der Waals surface area contributed by atoms with Gasteiger partial charge in [-0.05, 0) is 20.8 Å². The summed E-state index contributed by atoms with van der Waals surface area (Å²) in [5, 5.41) is 0.477. The second-order valence-corrected chi connectivity index (χ2v) is 4.57. The van der Waals surface area contributed by atoms with Crippen LogP contribution in [0.2, 0.25) is 0 Å². The normalized spacial score (nSPS) is 33.6. The molecule has 8 heavy (non-hydrogen) atoms. The molecule has 0 amide bonds. The largest absolute Gasteiger partial charge is 0.282 e. The van der Waals surface area contributed by atoms with E-state index >= 15 is 0 Å². The molecular formula is C6H11NS. The Morgan fingerprint density at radius 1 is 1.62 bits per heavy atom. The lowest BCUT2D eigenvalue weighted by Crippen LogP contribution is -2.12. The van der Waals surface area contributed by atoms with Gasteiger partial charge in [-0.2, -0.15) is 0 Å². The van der Waals surface area contributed by atoms with Gasteiger partial charge in [0.2, 0.25) is 0 Å². The van der Waals surface area contributed by atoms with E-state index in [0.29, 0.717) is 10.1 Å². The van der Waals surface area contributed by atoms with Gasteiger partial charge in [0.05, 0.1) is 5.37 Å². The monoisotopic (exact) mass is 129 g/mol. The van der Waals surface area contributed by atoms with Crippen LogP contribution in [-0.4, -0.2) is 16.3 Å². The van der Waals surface area contributed by atoms with Gasteiger partial charge in [0.15, 0.2) is 0 Å². The maximum absolute atomic E-state index is 4.23. The minimum absolute atomic E-state index is 0.291. The van der Waals surface area contributed by atoms with Crippen LogP contribution in [0.15, 0.2) is 4.99 Å². The second-order valence-electron chi connectivity index (χ2n) is 2.60. The summed E-state index contributed by atoms with van der Waals surface area (Å²) in [7, 11) is 0. The molecule has 2 heteroatoms. The lowest BCUT2D eigenvalue weighted by molar-refractivity contribution is 0.988. The summed E-state index contributed by atoms with van der Waals surface area (Å²) >= 11 is 1.90. The molecule has 1 nitrogen and oxygen atoms in total. The third-order valence-electron chi connectivity index (χ3n) is 1.07. The molecule has 1 aliphatic rings. The molecule has 1 aliphatic heterocycles. The van der Waals surface area contributed by atoms with Gasteiger partial charge in [-0.25, -0.2) is 0 Å². The Kier molecular flexibility index (Phi) is 1.35. The molecule has 0 aromatic heterocycles. The summed E-state index contributed by atoms with van der Waals surface area (Å²) in [5.41, 5.74) is 0. The lowest BCUT2D eigenvalue weighted by atomic mass is 10.2. The fraction of sp³-hybridized carbons (Fsp3) is 0.833. The summed E-state index contributed by atoms with van der Waals surface area (Å²) in [6.45, 7) is 6.49. The predicted octanol–water partition coefficient (Wildman–Crippen LogP) is 1.93. The number of nitrogens with zero attached hydrogens (tertiary/aromatic N) is 1. The van der Waals surface area contributed by atoms with Gasteiger partial charge in [-0.15, -0.1) is 11.8 Å². The lowest BCUT2D eigenvalue weighted by Gasteiger charge is -2.11. The van der Waals surface area contributed by atoms with Crippen LogP contribution >= 0.6 is 11.8 Å². The Labute approximate surface area is 54.6 Å². The highest BCUT2D eigenvalue weighted by molar-refractivity contribution is 8.02. The van der Waals surface area contributed by atoms with Crippen molar-refractivity contribution in [1.82, 2.24) is 0 Å². The Bertz CT molecular complexity index is 118. The van der Waals surface area contributed by atoms with Crippen LogP contribution in [-0.2, 0) is 0 Å². The van der Waals surface area contributed by atoms with Crippen LogP contribution in [0.4, 0.5) is 0 Å². The van der Waals surface area contributed by atoms with Crippen molar-refractivity contribution in [3.8, 4) is 0 Å². The molecule has 46 valence electrons. The molecule has 1 atom stereocenters. The minimum atomic E-state index is 0.291. The molecule has 0 radical (unpaired) electrons. The van der Waals surface area contributed by atoms with Crippen LogP contribution in [0.5, 0.6) is 0 Å². The molecule has 0 aromatic rings. The van der Waals surface area contributed by atoms with E-state index in [0.717, 1.165) is 0 Å². The Morgan fingerprint density at radius 2 is 2.25 bits per heavy atom. The van der Waals surface area contributed by atoms with Gasteiger partial charge in [0, 0.05) is 11.0 Å². The van der Waals surface area contributed by atoms with Crippen molar-refractivity contribution in [2.45, 2.75) is 30.9 Å². The van der Waals surface area contributed by atoms with Crippen molar-refractivity contribution in [3.05, 3.63) is 0 Å². The SMILES string of the molecule is CC1N=CC(C)(C)S1. The van der Waals surface area contributed by atoms with Crippen LogP contribution in [0.3, 0.4) is 0 Å².